The number of nitrogens with zero attached hydrogens (tertiary/aromatic N) is 2. The highest BCUT2D eigenvalue weighted by Gasteiger charge is 2.13. The van der Waals surface area contributed by atoms with Gasteiger partial charge in [-0.25, -0.2) is 9.48 Å². The molecule has 0 radical (unpaired) electrons. The number of rotatable bonds is 3. The SMILES string of the molecule is Cc1c(C)c(=O)n(Cc2cc(C(=O)O)no2)[nH]c1=O. The van der Waals surface area contributed by atoms with Crippen molar-refractivity contribution in [3.63, 3.8) is 0 Å². The molecule has 0 saturated heterocycles. The molecule has 0 bridgehead atoms. The molecule has 0 fully saturated rings. The Kier molecular flexibility index (Phi) is 3.07. The Hall–Kier alpha value is -2.64. The fourth-order valence-electron chi connectivity index (χ4n) is 1.55. The molecular weight excluding hydrogens is 254 g/mol. The fourth-order valence-corrected chi connectivity index (χ4v) is 1.55. The zero-order valence-corrected chi connectivity index (χ0v) is 10.3. The van der Waals surface area contributed by atoms with Crippen LogP contribution in [0.15, 0.2) is 20.2 Å². The molecule has 2 aromatic rings. The van der Waals surface area contributed by atoms with Crippen LogP contribution in [0, 0.1) is 13.8 Å². The third-order valence-corrected chi connectivity index (χ3v) is 2.80. The Morgan fingerprint density at radius 3 is 2.68 bits per heavy atom. The minimum atomic E-state index is -1.23. The predicted molar refractivity (Wildman–Crippen MR) is 63.4 cm³/mol. The number of carboxylic acids is 1. The lowest BCUT2D eigenvalue weighted by Crippen LogP contribution is -2.33. The molecule has 2 heterocycles. The van der Waals surface area contributed by atoms with Gasteiger partial charge in [-0.2, -0.15) is 0 Å². The van der Waals surface area contributed by atoms with Crippen molar-refractivity contribution in [2.24, 2.45) is 0 Å². The molecule has 8 heteroatoms. The van der Waals surface area contributed by atoms with Crippen LogP contribution in [0.5, 0.6) is 0 Å². The van der Waals surface area contributed by atoms with E-state index < -0.39 is 5.97 Å². The van der Waals surface area contributed by atoms with Crippen LogP contribution in [0.25, 0.3) is 0 Å². The first-order valence-corrected chi connectivity index (χ1v) is 5.39. The van der Waals surface area contributed by atoms with Crippen molar-refractivity contribution < 1.29 is 14.4 Å². The van der Waals surface area contributed by atoms with E-state index in [2.05, 4.69) is 10.3 Å². The average Bonchev–Trinajstić information content (AvgIpc) is 2.82. The van der Waals surface area contributed by atoms with Crippen molar-refractivity contribution in [3.8, 4) is 0 Å². The van der Waals surface area contributed by atoms with Crippen molar-refractivity contribution in [3.05, 3.63) is 49.4 Å². The predicted octanol–water partition coefficient (Wildman–Crippen LogP) is -0.112. The zero-order valence-electron chi connectivity index (χ0n) is 10.3. The molecule has 2 rings (SSSR count). The molecule has 2 N–H and O–H groups in total. The van der Waals surface area contributed by atoms with Gasteiger partial charge in [0.25, 0.3) is 11.1 Å². The highest BCUT2D eigenvalue weighted by atomic mass is 16.5. The lowest BCUT2D eigenvalue weighted by molar-refractivity contribution is 0.0685. The molecule has 8 nitrogen and oxygen atoms in total. The molecule has 0 aliphatic heterocycles. The van der Waals surface area contributed by atoms with Crippen LogP contribution in [0.1, 0.15) is 27.4 Å². The summed E-state index contributed by atoms with van der Waals surface area (Å²) in [6, 6.07) is 1.20. The van der Waals surface area contributed by atoms with E-state index in [-0.39, 0.29) is 29.1 Å². The van der Waals surface area contributed by atoms with E-state index >= 15 is 0 Å². The Balaban J connectivity index is 2.41. The first-order valence-electron chi connectivity index (χ1n) is 5.39. The van der Waals surface area contributed by atoms with Gasteiger partial charge < -0.3 is 9.63 Å². The first kappa shape index (κ1) is 12.8. The summed E-state index contributed by atoms with van der Waals surface area (Å²) in [4.78, 5) is 34.1. The van der Waals surface area contributed by atoms with E-state index in [4.69, 9.17) is 9.63 Å². The second-order valence-electron chi connectivity index (χ2n) is 4.07. The maximum absolute atomic E-state index is 11.9. The summed E-state index contributed by atoms with van der Waals surface area (Å²) < 4.78 is 5.83. The van der Waals surface area contributed by atoms with Crippen LogP contribution < -0.4 is 11.1 Å². The number of hydrogen-bond acceptors (Lipinski definition) is 5. The van der Waals surface area contributed by atoms with Gasteiger partial charge >= 0.3 is 5.97 Å². The lowest BCUT2D eigenvalue weighted by atomic mass is 10.2. The van der Waals surface area contributed by atoms with Gasteiger partial charge in [-0.05, 0) is 13.8 Å². The number of aromatic amines is 1. The molecule has 0 saturated carbocycles. The van der Waals surface area contributed by atoms with Crippen molar-refractivity contribution in [1.29, 1.82) is 0 Å². The summed E-state index contributed by atoms with van der Waals surface area (Å²) in [5, 5.41) is 14.4. The summed E-state index contributed by atoms with van der Waals surface area (Å²) in [7, 11) is 0. The molecule has 0 unspecified atom stereocenters. The molecule has 19 heavy (non-hydrogen) atoms. The van der Waals surface area contributed by atoms with Crippen molar-refractivity contribution in [1.82, 2.24) is 14.9 Å². The minimum Gasteiger partial charge on any atom is -0.476 e. The van der Waals surface area contributed by atoms with Gasteiger partial charge in [0.05, 0.1) is 0 Å². The number of hydrogen-bond donors (Lipinski definition) is 2. The van der Waals surface area contributed by atoms with Gasteiger partial charge in [-0.1, -0.05) is 5.16 Å². The highest BCUT2D eigenvalue weighted by molar-refractivity contribution is 5.85. The molecule has 0 amide bonds. The monoisotopic (exact) mass is 265 g/mol. The normalized spacial score (nSPS) is 10.6. The van der Waals surface area contributed by atoms with Gasteiger partial charge in [-0.15, -0.1) is 0 Å². The Bertz CT molecular complexity index is 752. The third-order valence-electron chi connectivity index (χ3n) is 2.80. The second kappa shape index (κ2) is 4.56. The van der Waals surface area contributed by atoms with E-state index in [1.165, 1.54) is 6.07 Å². The molecular formula is C11H11N3O5. The molecule has 0 spiro atoms. The number of aromatic carboxylic acids is 1. The quantitative estimate of drug-likeness (QED) is 0.799. The Labute approximate surface area is 106 Å². The van der Waals surface area contributed by atoms with Gasteiger partial charge in [0.1, 0.15) is 6.54 Å². The molecule has 100 valence electrons. The molecule has 2 aromatic heterocycles. The topological polar surface area (TPSA) is 118 Å². The second-order valence-corrected chi connectivity index (χ2v) is 4.07. The van der Waals surface area contributed by atoms with E-state index in [0.29, 0.717) is 11.1 Å². The van der Waals surface area contributed by atoms with Crippen molar-refractivity contribution >= 4 is 5.97 Å². The van der Waals surface area contributed by atoms with Gasteiger partial charge in [-0.3, -0.25) is 14.7 Å². The summed E-state index contributed by atoms with van der Waals surface area (Å²) >= 11 is 0. The minimum absolute atomic E-state index is 0.0878. The Morgan fingerprint density at radius 1 is 1.42 bits per heavy atom. The van der Waals surface area contributed by atoms with Crippen LogP contribution in [-0.2, 0) is 6.54 Å². The number of carbonyl (C=O) groups is 1. The summed E-state index contributed by atoms with van der Waals surface area (Å²) in [6.45, 7) is 3.01. The summed E-state index contributed by atoms with van der Waals surface area (Å²) in [5.74, 6) is -1.06. The summed E-state index contributed by atoms with van der Waals surface area (Å²) in [6.07, 6.45) is 0. The van der Waals surface area contributed by atoms with Crippen LogP contribution >= 0.6 is 0 Å². The third kappa shape index (κ3) is 2.32. The number of nitrogens with one attached hydrogen (secondary N) is 1. The molecule has 0 aliphatic rings. The van der Waals surface area contributed by atoms with Crippen LogP contribution in [0.4, 0.5) is 0 Å². The smallest absolute Gasteiger partial charge is 0.358 e. The van der Waals surface area contributed by atoms with Crippen LogP contribution in [-0.4, -0.2) is 26.0 Å². The van der Waals surface area contributed by atoms with E-state index in [1.54, 1.807) is 13.8 Å². The van der Waals surface area contributed by atoms with E-state index in [1.807, 2.05) is 0 Å². The Morgan fingerprint density at radius 2 is 2.11 bits per heavy atom. The number of H-pyrrole nitrogens is 1. The largest absolute Gasteiger partial charge is 0.476 e. The number of carboxylic acid groups (broad SMARTS) is 1. The first-order chi connectivity index (χ1) is 8.90. The maximum Gasteiger partial charge on any atom is 0.358 e. The van der Waals surface area contributed by atoms with Gasteiger partial charge in [0, 0.05) is 17.2 Å². The van der Waals surface area contributed by atoms with Crippen LogP contribution in [0.2, 0.25) is 0 Å². The lowest BCUT2D eigenvalue weighted by Gasteiger charge is -2.05. The van der Waals surface area contributed by atoms with Crippen molar-refractivity contribution in [2.75, 3.05) is 0 Å². The number of aromatic nitrogens is 3. The van der Waals surface area contributed by atoms with Crippen LogP contribution in [0.3, 0.4) is 0 Å². The summed E-state index contributed by atoms with van der Waals surface area (Å²) in [5.41, 5.74) is -0.318. The fraction of sp³-hybridized carbons (Fsp3) is 0.273. The molecule has 0 atom stereocenters. The van der Waals surface area contributed by atoms with Gasteiger partial charge in [0.2, 0.25) is 0 Å². The van der Waals surface area contributed by atoms with E-state index in [9.17, 15) is 14.4 Å². The molecule has 0 aliphatic carbocycles. The zero-order chi connectivity index (χ0) is 14.2. The van der Waals surface area contributed by atoms with E-state index in [0.717, 1.165) is 4.68 Å². The van der Waals surface area contributed by atoms with Crippen molar-refractivity contribution in [2.45, 2.75) is 20.4 Å². The maximum atomic E-state index is 11.9. The average molecular weight is 265 g/mol. The van der Waals surface area contributed by atoms with Gasteiger partial charge in [0.15, 0.2) is 11.5 Å². The highest BCUT2D eigenvalue weighted by Crippen LogP contribution is 2.04. The molecule has 0 aromatic carbocycles. The standard InChI is InChI=1S/C11H11N3O5/c1-5-6(2)10(16)14(12-9(5)15)4-7-3-8(11(17)18)13-19-7/h3H,4H2,1-2H3,(H,12,15)(H,17,18).